The summed E-state index contributed by atoms with van der Waals surface area (Å²) in [7, 11) is 1.84. The van der Waals surface area contributed by atoms with Gasteiger partial charge in [-0.25, -0.2) is 4.79 Å². The lowest BCUT2D eigenvalue weighted by molar-refractivity contribution is 0.182. The predicted molar refractivity (Wildman–Crippen MR) is 53.7 cm³/mol. The number of rotatable bonds is 1. The number of aliphatic hydroxyl groups excluding tert-OH is 1. The Labute approximate surface area is 85.6 Å². The fourth-order valence-electron chi connectivity index (χ4n) is 2.00. The number of aliphatic hydroxyl groups is 1. The third-order valence-electron chi connectivity index (χ3n) is 2.73. The molecular formula is C9H13N3O3. The van der Waals surface area contributed by atoms with E-state index in [0.29, 0.717) is 18.5 Å². The van der Waals surface area contributed by atoms with Gasteiger partial charge < -0.3 is 10.1 Å². The molecule has 2 heterocycles. The highest BCUT2D eigenvalue weighted by Gasteiger charge is 2.30. The van der Waals surface area contributed by atoms with Gasteiger partial charge in [0.2, 0.25) is 0 Å². The van der Waals surface area contributed by atoms with Crippen molar-refractivity contribution in [3.8, 4) is 0 Å². The summed E-state index contributed by atoms with van der Waals surface area (Å²) in [5.74, 6) is 0. The van der Waals surface area contributed by atoms with Crippen LogP contribution in [0.15, 0.2) is 15.8 Å². The Morgan fingerprint density at radius 1 is 1.53 bits per heavy atom. The Balaban J connectivity index is 2.38. The number of hydrogen-bond donors (Lipinski definition) is 3. The van der Waals surface area contributed by atoms with Crippen LogP contribution in [0.2, 0.25) is 0 Å². The molecule has 6 nitrogen and oxygen atoms in total. The van der Waals surface area contributed by atoms with Crippen molar-refractivity contribution in [1.29, 1.82) is 0 Å². The minimum absolute atomic E-state index is 0.124. The first-order valence-electron chi connectivity index (χ1n) is 4.78. The summed E-state index contributed by atoms with van der Waals surface area (Å²) >= 11 is 0. The van der Waals surface area contributed by atoms with Gasteiger partial charge in [-0.05, 0) is 13.5 Å². The first-order chi connectivity index (χ1) is 7.08. The summed E-state index contributed by atoms with van der Waals surface area (Å²) in [5, 5.41) is 9.45. The Morgan fingerprint density at radius 2 is 2.27 bits per heavy atom. The Morgan fingerprint density at radius 3 is 2.80 bits per heavy atom. The topological polar surface area (TPSA) is 89.2 Å². The molecule has 1 aromatic heterocycles. The number of aromatic nitrogens is 2. The van der Waals surface area contributed by atoms with E-state index >= 15 is 0 Å². The monoisotopic (exact) mass is 211 g/mol. The van der Waals surface area contributed by atoms with Crippen LogP contribution < -0.4 is 11.2 Å². The van der Waals surface area contributed by atoms with Gasteiger partial charge in [0.05, 0.1) is 11.7 Å². The van der Waals surface area contributed by atoms with Crippen molar-refractivity contribution in [3.05, 3.63) is 32.6 Å². The zero-order valence-electron chi connectivity index (χ0n) is 8.36. The lowest BCUT2D eigenvalue weighted by Crippen LogP contribution is -2.29. The third-order valence-corrected chi connectivity index (χ3v) is 2.73. The van der Waals surface area contributed by atoms with Gasteiger partial charge in [0.15, 0.2) is 0 Å². The zero-order valence-corrected chi connectivity index (χ0v) is 8.36. The maximum atomic E-state index is 11.5. The van der Waals surface area contributed by atoms with Crippen molar-refractivity contribution in [2.45, 2.75) is 18.6 Å². The van der Waals surface area contributed by atoms with E-state index < -0.39 is 11.8 Å². The third kappa shape index (κ3) is 1.86. The van der Waals surface area contributed by atoms with Crippen LogP contribution in [0.4, 0.5) is 0 Å². The lowest BCUT2D eigenvalue weighted by atomic mass is 10.1. The van der Waals surface area contributed by atoms with Crippen LogP contribution in [0.5, 0.6) is 0 Å². The van der Waals surface area contributed by atoms with Gasteiger partial charge in [0, 0.05) is 18.8 Å². The minimum atomic E-state index is -0.509. The quantitative estimate of drug-likeness (QED) is 0.544. The number of β-amino-alcohol motifs (C(OH)–C–C–N with tert-alkyl or cyclic N) is 1. The molecule has 1 saturated heterocycles. The molecule has 0 aliphatic carbocycles. The average molecular weight is 211 g/mol. The number of aromatic amines is 2. The van der Waals surface area contributed by atoms with E-state index in [1.807, 2.05) is 11.9 Å². The second-order valence-electron chi connectivity index (χ2n) is 3.87. The minimum Gasteiger partial charge on any atom is -0.392 e. The molecular weight excluding hydrogens is 198 g/mol. The molecule has 2 atom stereocenters. The second-order valence-corrected chi connectivity index (χ2v) is 3.87. The van der Waals surface area contributed by atoms with Gasteiger partial charge in [-0.1, -0.05) is 0 Å². The number of hydrogen-bond acceptors (Lipinski definition) is 4. The zero-order chi connectivity index (χ0) is 11.0. The fourth-order valence-corrected chi connectivity index (χ4v) is 2.00. The lowest BCUT2D eigenvalue weighted by Gasteiger charge is -2.17. The molecule has 1 aromatic rings. The summed E-state index contributed by atoms with van der Waals surface area (Å²) < 4.78 is 0. The molecule has 82 valence electrons. The highest BCUT2D eigenvalue weighted by molar-refractivity contribution is 5.12. The van der Waals surface area contributed by atoms with Crippen LogP contribution in [0, 0.1) is 0 Å². The molecule has 0 amide bonds. The van der Waals surface area contributed by atoms with Crippen molar-refractivity contribution in [1.82, 2.24) is 14.9 Å². The van der Waals surface area contributed by atoms with Crippen molar-refractivity contribution < 1.29 is 5.11 Å². The van der Waals surface area contributed by atoms with E-state index in [9.17, 15) is 14.7 Å². The standard InChI is InChI=1S/C9H13N3O3/c1-12-4-5(13)2-7(12)6-3-10-9(15)11-8(6)14/h3,5,7,13H,2,4H2,1H3,(H2,10,11,14,15)/t5-,7+/m1/s1. The van der Waals surface area contributed by atoms with E-state index in [0.717, 1.165) is 0 Å². The fraction of sp³-hybridized carbons (Fsp3) is 0.556. The van der Waals surface area contributed by atoms with Crippen LogP contribution in [0.1, 0.15) is 18.0 Å². The smallest absolute Gasteiger partial charge is 0.325 e. The molecule has 1 aliphatic rings. The van der Waals surface area contributed by atoms with Crippen molar-refractivity contribution in [2.24, 2.45) is 0 Å². The molecule has 0 spiro atoms. The van der Waals surface area contributed by atoms with E-state index in [4.69, 9.17) is 0 Å². The first kappa shape index (κ1) is 10.1. The molecule has 6 heteroatoms. The highest BCUT2D eigenvalue weighted by atomic mass is 16.3. The van der Waals surface area contributed by atoms with Gasteiger partial charge in [-0.15, -0.1) is 0 Å². The van der Waals surface area contributed by atoms with Crippen LogP contribution in [-0.2, 0) is 0 Å². The maximum absolute atomic E-state index is 11.5. The summed E-state index contributed by atoms with van der Waals surface area (Å²) in [4.78, 5) is 28.8. The Bertz CT molecular complexity index is 464. The summed E-state index contributed by atoms with van der Waals surface area (Å²) in [6, 6.07) is -0.124. The van der Waals surface area contributed by atoms with Gasteiger partial charge in [-0.3, -0.25) is 14.7 Å². The molecule has 15 heavy (non-hydrogen) atoms. The molecule has 0 aromatic carbocycles. The molecule has 0 unspecified atom stereocenters. The highest BCUT2D eigenvalue weighted by Crippen LogP contribution is 2.27. The molecule has 0 radical (unpaired) electrons. The first-order valence-corrected chi connectivity index (χ1v) is 4.78. The summed E-state index contributed by atoms with van der Waals surface area (Å²) in [6.07, 6.45) is 1.53. The van der Waals surface area contributed by atoms with Crippen LogP contribution in [0.25, 0.3) is 0 Å². The molecule has 0 saturated carbocycles. The molecule has 0 bridgehead atoms. The average Bonchev–Trinajstić information content (AvgIpc) is 2.45. The van der Waals surface area contributed by atoms with Crippen molar-refractivity contribution in [2.75, 3.05) is 13.6 Å². The molecule has 3 N–H and O–H groups in total. The number of likely N-dealkylation sites (N-methyl/N-ethyl adjacent to an activating group) is 1. The SMILES string of the molecule is CN1C[C@H](O)C[C@H]1c1c[nH]c(=O)[nH]c1=O. The van der Waals surface area contributed by atoms with Gasteiger partial charge in [0.25, 0.3) is 5.56 Å². The van der Waals surface area contributed by atoms with Crippen LogP contribution in [-0.4, -0.2) is 39.7 Å². The largest absolute Gasteiger partial charge is 0.392 e. The summed E-state index contributed by atoms with van der Waals surface area (Å²) in [5.41, 5.74) is -0.400. The number of H-pyrrole nitrogens is 2. The normalized spacial score (nSPS) is 27.1. The predicted octanol–water partition coefficient (Wildman–Crippen LogP) is -1.20. The van der Waals surface area contributed by atoms with Crippen molar-refractivity contribution >= 4 is 0 Å². The molecule has 1 aliphatic heterocycles. The van der Waals surface area contributed by atoms with Crippen LogP contribution in [0.3, 0.4) is 0 Å². The molecule has 2 rings (SSSR count). The van der Waals surface area contributed by atoms with E-state index in [1.54, 1.807) is 0 Å². The number of nitrogens with zero attached hydrogens (tertiary/aromatic N) is 1. The second kappa shape index (κ2) is 3.63. The van der Waals surface area contributed by atoms with Gasteiger partial charge in [-0.2, -0.15) is 0 Å². The molecule has 1 fully saturated rings. The Hall–Kier alpha value is -1.40. The van der Waals surface area contributed by atoms with E-state index in [2.05, 4.69) is 9.97 Å². The van der Waals surface area contributed by atoms with E-state index in [-0.39, 0.29) is 11.6 Å². The van der Waals surface area contributed by atoms with Gasteiger partial charge >= 0.3 is 5.69 Å². The number of nitrogens with one attached hydrogen (secondary N) is 2. The van der Waals surface area contributed by atoms with Crippen LogP contribution >= 0.6 is 0 Å². The van der Waals surface area contributed by atoms with Gasteiger partial charge in [0.1, 0.15) is 0 Å². The number of likely N-dealkylation sites (tertiary alicyclic amines) is 1. The maximum Gasteiger partial charge on any atom is 0.325 e. The van der Waals surface area contributed by atoms with Crippen molar-refractivity contribution in [3.63, 3.8) is 0 Å². The van der Waals surface area contributed by atoms with E-state index in [1.165, 1.54) is 6.20 Å². The summed E-state index contributed by atoms with van der Waals surface area (Å²) in [6.45, 7) is 0.545. The Kier molecular flexibility index (Phi) is 2.45.